The molecule has 4 bridgehead atoms. The third-order valence-corrected chi connectivity index (χ3v) is 5.17. The molecule has 6 atom stereocenters. The standard InChI is InChI=1S/C13H14O6/c14-11-6-1-5(3-17-4-18-11)9-7-2-8(10(6)9)13(16)19-12(7)15/h5-10H,1-4H2. The second-order valence-electron chi connectivity index (χ2n) is 5.90. The fourth-order valence-corrected chi connectivity index (χ4v) is 4.55. The molecule has 2 saturated carbocycles. The van der Waals surface area contributed by atoms with Gasteiger partial charge in [-0.15, -0.1) is 0 Å². The second kappa shape index (κ2) is 3.79. The summed E-state index contributed by atoms with van der Waals surface area (Å²) in [6, 6.07) is 0. The molecule has 6 unspecified atom stereocenters. The number of ether oxygens (including phenoxy) is 3. The summed E-state index contributed by atoms with van der Waals surface area (Å²) in [6.45, 7) is 0.453. The summed E-state index contributed by atoms with van der Waals surface area (Å²) in [5.41, 5.74) is 0. The van der Waals surface area contributed by atoms with Crippen molar-refractivity contribution in [1.29, 1.82) is 0 Å². The van der Waals surface area contributed by atoms with E-state index in [2.05, 4.69) is 0 Å². The van der Waals surface area contributed by atoms with Crippen LogP contribution >= 0.6 is 0 Å². The fraction of sp³-hybridized carbons (Fsp3) is 0.769. The molecule has 4 aliphatic rings. The van der Waals surface area contributed by atoms with E-state index in [1.165, 1.54) is 0 Å². The molecule has 0 spiro atoms. The van der Waals surface area contributed by atoms with Crippen molar-refractivity contribution in [1.82, 2.24) is 0 Å². The normalized spacial score (nSPS) is 48.1. The van der Waals surface area contributed by atoms with Crippen molar-refractivity contribution < 1.29 is 28.6 Å². The number of fused-ring (bicyclic) bond motifs is 9. The molecule has 0 N–H and O–H groups in total. The Bertz CT molecular complexity index is 472. The maximum Gasteiger partial charge on any atom is 0.316 e. The Hall–Kier alpha value is -1.43. The molecule has 0 amide bonds. The maximum atomic E-state index is 12.0. The molecular weight excluding hydrogens is 252 g/mol. The lowest BCUT2D eigenvalue weighted by Crippen LogP contribution is -2.35. The van der Waals surface area contributed by atoms with Gasteiger partial charge >= 0.3 is 17.9 Å². The number of carbonyl (C=O) groups excluding carboxylic acids is 3. The van der Waals surface area contributed by atoms with Crippen LogP contribution in [0, 0.1) is 35.5 Å². The van der Waals surface area contributed by atoms with Crippen LogP contribution in [-0.4, -0.2) is 31.3 Å². The minimum atomic E-state index is -0.465. The predicted molar refractivity (Wildman–Crippen MR) is 58.2 cm³/mol. The Morgan fingerprint density at radius 3 is 2.32 bits per heavy atom. The van der Waals surface area contributed by atoms with Gasteiger partial charge in [-0.3, -0.25) is 14.4 Å². The molecule has 0 radical (unpaired) electrons. The van der Waals surface area contributed by atoms with Crippen molar-refractivity contribution in [2.45, 2.75) is 12.8 Å². The minimum absolute atomic E-state index is 0.0274. The second-order valence-corrected chi connectivity index (χ2v) is 5.90. The third kappa shape index (κ3) is 1.43. The van der Waals surface area contributed by atoms with Crippen molar-refractivity contribution in [2.75, 3.05) is 13.4 Å². The lowest BCUT2D eigenvalue weighted by atomic mass is 9.83. The summed E-state index contributed by atoms with van der Waals surface area (Å²) >= 11 is 0. The van der Waals surface area contributed by atoms with Crippen molar-refractivity contribution in [2.24, 2.45) is 35.5 Å². The first-order chi connectivity index (χ1) is 9.16. The topological polar surface area (TPSA) is 78.9 Å². The number of hydrogen-bond acceptors (Lipinski definition) is 6. The van der Waals surface area contributed by atoms with Crippen LogP contribution in [0.3, 0.4) is 0 Å². The van der Waals surface area contributed by atoms with Gasteiger partial charge in [-0.2, -0.15) is 0 Å². The smallest absolute Gasteiger partial charge is 0.316 e. The van der Waals surface area contributed by atoms with Crippen molar-refractivity contribution in [3.8, 4) is 0 Å². The quantitative estimate of drug-likeness (QED) is 0.351. The van der Waals surface area contributed by atoms with Gasteiger partial charge in [0.05, 0.1) is 24.4 Å². The summed E-state index contributed by atoms with van der Waals surface area (Å²) in [5.74, 6) is -1.98. The number of cyclic esters (lactones) is 3. The van der Waals surface area contributed by atoms with Crippen molar-refractivity contribution in [3.63, 3.8) is 0 Å². The van der Waals surface area contributed by atoms with E-state index in [0.29, 0.717) is 19.4 Å². The van der Waals surface area contributed by atoms with Crippen LogP contribution in [-0.2, 0) is 28.6 Å². The van der Waals surface area contributed by atoms with E-state index in [1.54, 1.807) is 0 Å². The molecule has 6 nitrogen and oxygen atoms in total. The van der Waals surface area contributed by atoms with Crippen LogP contribution in [0.5, 0.6) is 0 Å². The van der Waals surface area contributed by atoms with E-state index >= 15 is 0 Å². The van der Waals surface area contributed by atoms with Gasteiger partial charge in [-0.25, -0.2) is 0 Å². The Labute approximate surface area is 109 Å². The van der Waals surface area contributed by atoms with Crippen LogP contribution in [0.25, 0.3) is 0 Å². The molecule has 0 aromatic heterocycles. The van der Waals surface area contributed by atoms with E-state index in [-0.39, 0.29) is 48.3 Å². The van der Waals surface area contributed by atoms with Crippen molar-refractivity contribution >= 4 is 17.9 Å². The molecule has 4 fully saturated rings. The fourth-order valence-electron chi connectivity index (χ4n) is 4.55. The van der Waals surface area contributed by atoms with Gasteiger partial charge in [-0.1, -0.05) is 0 Å². The molecule has 2 aliphatic heterocycles. The van der Waals surface area contributed by atoms with E-state index in [9.17, 15) is 14.4 Å². The number of hydrogen-bond donors (Lipinski definition) is 0. The van der Waals surface area contributed by atoms with E-state index in [4.69, 9.17) is 14.2 Å². The zero-order valence-corrected chi connectivity index (χ0v) is 10.2. The SMILES string of the molecule is O=C1OC(=O)C2CC1C1C3COCOC(=O)C(C3)C21. The maximum absolute atomic E-state index is 12.0. The molecule has 102 valence electrons. The van der Waals surface area contributed by atoms with Gasteiger partial charge in [0.15, 0.2) is 6.79 Å². The predicted octanol–water partition coefficient (Wildman–Crippen LogP) is 0.105. The molecule has 4 rings (SSSR count). The minimum Gasteiger partial charge on any atom is -0.438 e. The number of carbonyl (C=O) groups is 3. The molecule has 2 aliphatic carbocycles. The molecule has 6 heteroatoms. The Kier molecular flexibility index (Phi) is 2.27. The average Bonchev–Trinajstić information content (AvgIpc) is 2.88. The van der Waals surface area contributed by atoms with Crippen LogP contribution in [0.1, 0.15) is 12.8 Å². The van der Waals surface area contributed by atoms with Gasteiger partial charge in [0.1, 0.15) is 0 Å². The number of rotatable bonds is 0. The highest BCUT2D eigenvalue weighted by atomic mass is 16.7. The van der Waals surface area contributed by atoms with E-state index in [0.717, 1.165) is 0 Å². The molecule has 19 heavy (non-hydrogen) atoms. The van der Waals surface area contributed by atoms with Gasteiger partial charge in [0.25, 0.3) is 0 Å². The first-order valence-electron chi connectivity index (χ1n) is 6.66. The molecule has 0 aromatic carbocycles. The monoisotopic (exact) mass is 266 g/mol. The average molecular weight is 266 g/mol. The Balaban J connectivity index is 1.76. The van der Waals surface area contributed by atoms with Gasteiger partial charge < -0.3 is 14.2 Å². The highest BCUT2D eigenvalue weighted by Gasteiger charge is 2.64. The third-order valence-electron chi connectivity index (χ3n) is 5.17. The Morgan fingerprint density at radius 2 is 1.53 bits per heavy atom. The highest BCUT2D eigenvalue weighted by molar-refractivity contribution is 5.93. The molecule has 2 saturated heterocycles. The lowest BCUT2D eigenvalue weighted by molar-refractivity contribution is -0.172. The van der Waals surface area contributed by atoms with Crippen LogP contribution < -0.4 is 0 Å². The highest BCUT2D eigenvalue weighted by Crippen LogP contribution is 2.59. The molecular formula is C13H14O6. The number of esters is 3. The molecule has 0 aromatic rings. The first-order valence-corrected chi connectivity index (χ1v) is 6.66. The molecule has 2 heterocycles. The van der Waals surface area contributed by atoms with Crippen LogP contribution in [0.15, 0.2) is 0 Å². The largest absolute Gasteiger partial charge is 0.438 e. The van der Waals surface area contributed by atoms with Gasteiger partial charge in [0, 0.05) is 0 Å². The van der Waals surface area contributed by atoms with Crippen molar-refractivity contribution in [3.05, 3.63) is 0 Å². The lowest BCUT2D eigenvalue weighted by Gasteiger charge is -2.25. The van der Waals surface area contributed by atoms with Gasteiger partial charge in [-0.05, 0) is 30.6 Å². The summed E-state index contributed by atoms with van der Waals surface area (Å²) in [5, 5.41) is 0. The van der Waals surface area contributed by atoms with E-state index < -0.39 is 11.9 Å². The summed E-state index contributed by atoms with van der Waals surface area (Å²) in [7, 11) is 0. The van der Waals surface area contributed by atoms with Crippen LogP contribution in [0.4, 0.5) is 0 Å². The zero-order valence-electron chi connectivity index (χ0n) is 10.2. The zero-order chi connectivity index (χ0) is 13.1. The van der Waals surface area contributed by atoms with E-state index in [1.807, 2.05) is 0 Å². The van der Waals surface area contributed by atoms with Crippen LogP contribution in [0.2, 0.25) is 0 Å². The first kappa shape index (κ1) is 11.4. The summed E-state index contributed by atoms with van der Waals surface area (Å²) in [6.07, 6.45) is 1.18. The summed E-state index contributed by atoms with van der Waals surface area (Å²) < 4.78 is 15.2. The Morgan fingerprint density at radius 1 is 0.842 bits per heavy atom. The summed E-state index contributed by atoms with van der Waals surface area (Å²) in [4.78, 5) is 35.7. The van der Waals surface area contributed by atoms with Gasteiger partial charge in [0.2, 0.25) is 0 Å².